The first kappa shape index (κ1) is 16.2. The van der Waals surface area contributed by atoms with Crippen LogP contribution in [0.2, 0.25) is 0 Å². The highest BCUT2D eigenvalue weighted by Crippen LogP contribution is 2.21. The van der Waals surface area contributed by atoms with Crippen molar-refractivity contribution in [2.75, 3.05) is 25.4 Å². The zero-order chi connectivity index (χ0) is 15.5. The van der Waals surface area contributed by atoms with Crippen molar-refractivity contribution in [3.8, 4) is 0 Å². The van der Waals surface area contributed by atoms with Crippen LogP contribution in [0.1, 0.15) is 26.2 Å². The van der Waals surface area contributed by atoms with Crippen molar-refractivity contribution in [3.05, 3.63) is 24.0 Å². The second-order valence-electron chi connectivity index (χ2n) is 5.46. The van der Waals surface area contributed by atoms with E-state index in [4.69, 9.17) is 5.73 Å². The van der Waals surface area contributed by atoms with E-state index in [0.717, 1.165) is 32.0 Å². The van der Waals surface area contributed by atoms with Crippen LogP contribution in [0.4, 0.5) is 10.1 Å². The van der Waals surface area contributed by atoms with Crippen LogP contribution in [-0.2, 0) is 10.0 Å². The molecule has 5 nitrogen and oxygen atoms in total. The van der Waals surface area contributed by atoms with Gasteiger partial charge in [0.15, 0.2) is 0 Å². The Bertz CT molecular complexity index is 566. The van der Waals surface area contributed by atoms with Crippen LogP contribution in [-0.4, -0.2) is 39.0 Å². The second-order valence-corrected chi connectivity index (χ2v) is 7.16. The fourth-order valence-electron chi connectivity index (χ4n) is 2.60. The summed E-state index contributed by atoms with van der Waals surface area (Å²) in [6, 6.07) is 3.94. The largest absolute Gasteiger partial charge is 0.398 e. The number of benzene rings is 1. The van der Waals surface area contributed by atoms with Gasteiger partial charge in [-0.2, -0.15) is 0 Å². The molecule has 0 aliphatic carbocycles. The van der Waals surface area contributed by atoms with Crippen molar-refractivity contribution in [2.24, 2.45) is 0 Å². The van der Waals surface area contributed by atoms with Gasteiger partial charge in [0.05, 0.1) is 5.69 Å². The molecule has 1 aliphatic heterocycles. The lowest BCUT2D eigenvalue weighted by Crippen LogP contribution is -2.44. The van der Waals surface area contributed by atoms with Gasteiger partial charge in [0.25, 0.3) is 0 Å². The lowest BCUT2D eigenvalue weighted by atomic mass is 10.1. The molecule has 1 atom stereocenters. The van der Waals surface area contributed by atoms with Gasteiger partial charge in [0.1, 0.15) is 10.7 Å². The monoisotopic (exact) mass is 315 g/mol. The topological polar surface area (TPSA) is 75.4 Å². The first-order valence-electron chi connectivity index (χ1n) is 7.19. The number of nitrogens with one attached hydrogen (secondary N) is 1. The number of piperidine rings is 1. The molecular formula is C14H22FN3O2S. The number of nitrogen functional groups attached to an aromatic ring is 1. The Morgan fingerprint density at radius 1 is 1.33 bits per heavy atom. The molecule has 1 heterocycles. The van der Waals surface area contributed by atoms with E-state index < -0.39 is 20.7 Å². The third-order valence-electron chi connectivity index (χ3n) is 3.85. The van der Waals surface area contributed by atoms with Gasteiger partial charge in [0, 0.05) is 12.6 Å². The first-order chi connectivity index (χ1) is 9.92. The van der Waals surface area contributed by atoms with Crippen molar-refractivity contribution in [1.82, 2.24) is 9.62 Å². The van der Waals surface area contributed by atoms with E-state index in [1.165, 1.54) is 18.6 Å². The lowest BCUT2D eigenvalue weighted by molar-refractivity contribution is 0.175. The molecule has 1 unspecified atom stereocenters. The molecule has 1 saturated heterocycles. The maximum atomic E-state index is 13.7. The number of anilines is 1. The maximum Gasteiger partial charge on any atom is 0.245 e. The molecule has 1 aliphatic rings. The molecule has 118 valence electrons. The van der Waals surface area contributed by atoms with Gasteiger partial charge in [0.2, 0.25) is 10.0 Å². The summed E-state index contributed by atoms with van der Waals surface area (Å²) >= 11 is 0. The first-order valence-corrected chi connectivity index (χ1v) is 8.68. The van der Waals surface area contributed by atoms with Crippen molar-refractivity contribution >= 4 is 15.7 Å². The molecular weight excluding hydrogens is 293 g/mol. The minimum atomic E-state index is -3.93. The molecule has 2 rings (SSSR count). The third-order valence-corrected chi connectivity index (χ3v) is 5.36. The third kappa shape index (κ3) is 3.93. The number of hydrogen-bond acceptors (Lipinski definition) is 4. The molecule has 0 saturated carbocycles. The molecule has 0 spiro atoms. The highest BCUT2D eigenvalue weighted by atomic mass is 32.2. The van der Waals surface area contributed by atoms with Gasteiger partial charge in [-0.1, -0.05) is 12.5 Å². The summed E-state index contributed by atoms with van der Waals surface area (Å²) in [6.45, 7) is 4.17. The van der Waals surface area contributed by atoms with E-state index in [1.807, 2.05) is 6.92 Å². The van der Waals surface area contributed by atoms with E-state index in [9.17, 15) is 12.8 Å². The smallest absolute Gasteiger partial charge is 0.245 e. The molecule has 21 heavy (non-hydrogen) atoms. The van der Waals surface area contributed by atoms with Crippen LogP contribution < -0.4 is 10.5 Å². The molecule has 0 aromatic heterocycles. The molecule has 0 bridgehead atoms. The van der Waals surface area contributed by atoms with Crippen LogP contribution in [0, 0.1) is 5.82 Å². The Kier molecular flexibility index (Phi) is 5.18. The van der Waals surface area contributed by atoms with Gasteiger partial charge in [-0.25, -0.2) is 17.5 Å². The molecule has 7 heteroatoms. The fraction of sp³-hybridized carbons (Fsp3) is 0.571. The Labute approximate surface area is 125 Å². The molecule has 0 amide bonds. The average molecular weight is 315 g/mol. The van der Waals surface area contributed by atoms with Crippen LogP contribution in [0.15, 0.2) is 23.1 Å². The summed E-state index contributed by atoms with van der Waals surface area (Å²) in [5.74, 6) is -0.826. The fourth-order valence-corrected chi connectivity index (χ4v) is 3.91. The van der Waals surface area contributed by atoms with Crippen LogP contribution in [0.5, 0.6) is 0 Å². The Hall–Kier alpha value is -1.18. The van der Waals surface area contributed by atoms with Crippen molar-refractivity contribution in [3.63, 3.8) is 0 Å². The highest BCUT2D eigenvalue weighted by Gasteiger charge is 2.24. The number of halogens is 1. The van der Waals surface area contributed by atoms with E-state index in [2.05, 4.69) is 9.62 Å². The number of likely N-dealkylation sites (tertiary alicyclic amines) is 1. The van der Waals surface area contributed by atoms with Gasteiger partial charge in [-0.05, 0) is 45.0 Å². The predicted molar refractivity (Wildman–Crippen MR) is 80.9 cm³/mol. The molecule has 3 N–H and O–H groups in total. The van der Waals surface area contributed by atoms with E-state index in [1.54, 1.807) is 0 Å². The predicted octanol–water partition coefficient (Wildman–Crippen LogP) is 1.56. The van der Waals surface area contributed by atoms with E-state index in [0.29, 0.717) is 0 Å². The van der Waals surface area contributed by atoms with Gasteiger partial charge in [-0.15, -0.1) is 0 Å². The van der Waals surface area contributed by atoms with Crippen LogP contribution in [0.25, 0.3) is 0 Å². The Morgan fingerprint density at radius 2 is 2.00 bits per heavy atom. The molecule has 0 radical (unpaired) electrons. The van der Waals surface area contributed by atoms with Crippen LogP contribution in [0.3, 0.4) is 0 Å². The zero-order valence-corrected chi connectivity index (χ0v) is 13.0. The van der Waals surface area contributed by atoms with Crippen molar-refractivity contribution < 1.29 is 12.8 Å². The minimum Gasteiger partial charge on any atom is -0.398 e. The Balaban J connectivity index is 2.04. The standard InChI is InChI=1S/C14H22FN3O2S/c1-11(18-8-3-2-4-9-18)10-17-21(19,20)14-12(15)6-5-7-13(14)16/h5-7,11,17H,2-4,8-10,16H2,1H3. The summed E-state index contributed by atoms with van der Waals surface area (Å²) in [5, 5.41) is 0. The van der Waals surface area contributed by atoms with E-state index in [-0.39, 0.29) is 18.3 Å². The normalized spacial score (nSPS) is 18.6. The number of nitrogens with zero attached hydrogens (tertiary/aromatic N) is 1. The molecule has 1 aromatic rings. The summed E-state index contributed by atoms with van der Waals surface area (Å²) < 4.78 is 40.6. The summed E-state index contributed by atoms with van der Waals surface area (Å²) in [5.41, 5.74) is 5.51. The average Bonchev–Trinajstić information content (AvgIpc) is 2.45. The summed E-state index contributed by atoms with van der Waals surface area (Å²) in [6.07, 6.45) is 3.50. The minimum absolute atomic E-state index is 0.0758. The number of rotatable bonds is 5. The number of hydrogen-bond donors (Lipinski definition) is 2. The molecule has 1 fully saturated rings. The van der Waals surface area contributed by atoms with Crippen molar-refractivity contribution in [2.45, 2.75) is 37.1 Å². The quantitative estimate of drug-likeness (QED) is 0.809. The van der Waals surface area contributed by atoms with Gasteiger partial charge >= 0.3 is 0 Å². The maximum absolute atomic E-state index is 13.7. The molecule has 1 aromatic carbocycles. The van der Waals surface area contributed by atoms with Crippen molar-refractivity contribution in [1.29, 1.82) is 0 Å². The summed E-state index contributed by atoms with van der Waals surface area (Å²) in [4.78, 5) is 1.78. The Morgan fingerprint density at radius 3 is 2.62 bits per heavy atom. The van der Waals surface area contributed by atoms with Gasteiger partial charge < -0.3 is 5.73 Å². The van der Waals surface area contributed by atoms with Crippen LogP contribution >= 0.6 is 0 Å². The van der Waals surface area contributed by atoms with Gasteiger partial charge in [-0.3, -0.25) is 4.90 Å². The SMILES string of the molecule is CC(CNS(=O)(=O)c1c(N)cccc1F)N1CCCCC1. The van der Waals surface area contributed by atoms with E-state index >= 15 is 0 Å². The number of nitrogens with two attached hydrogens (primary N) is 1. The second kappa shape index (κ2) is 6.72. The zero-order valence-electron chi connectivity index (χ0n) is 12.2. The highest BCUT2D eigenvalue weighted by molar-refractivity contribution is 7.89. The summed E-state index contributed by atoms with van der Waals surface area (Å²) in [7, 11) is -3.93. The number of sulfonamides is 1. The lowest BCUT2D eigenvalue weighted by Gasteiger charge is -2.32.